The Hall–Kier alpha value is -2.59. The van der Waals surface area contributed by atoms with Gasteiger partial charge in [0.25, 0.3) is 0 Å². The number of carbonyl (C=O) groups excluding carboxylic acids is 1. The second-order valence-corrected chi connectivity index (χ2v) is 4.70. The van der Waals surface area contributed by atoms with Gasteiger partial charge < -0.3 is 5.73 Å². The molecule has 0 aliphatic rings. The molecule has 0 heterocycles. The maximum Gasteiger partial charge on any atom is 0.338 e. The number of amides is 2. The first-order chi connectivity index (χ1) is 10.1. The van der Waals surface area contributed by atoms with E-state index in [1.54, 1.807) is 0 Å². The SMILES string of the molecule is NC(=O)N(O)CCc1ccc(C=Cc2ccccc2)cc1. The van der Waals surface area contributed by atoms with Crippen LogP contribution in [0.5, 0.6) is 0 Å². The zero-order chi connectivity index (χ0) is 15.1. The molecule has 0 aliphatic carbocycles. The molecule has 0 saturated heterocycles. The van der Waals surface area contributed by atoms with E-state index in [4.69, 9.17) is 5.73 Å². The zero-order valence-corrected chi connectivity index (χ0v) is 11.6. The van der Waals surface area contributed by atoms with Gasteiger partial charge in [0.05, 0.1) is 6.54 Å². The second-order valence-electron chi connectivity index (χ2n) is 4.70. The first-order valence-corrected chi connectivity index (χ1v) is 6.73. The van der Waals surface area contributed by atoms with E-state index in [0.29, 0.717) is 11.5 Å². The quantitative estimate of drug-likeness (QED) is 0.502. The van der Waals surface area contributed by atoms with Crippen molar-refractivity contribution in [3.63, 3.8) is 0 Å². The zero-order valence-electron chi connectivity index (χ0n) is 11.6. The number of hydroxylamine groups is 2. The minimum atomic E-state index is -0.836. The number of carbonyl (C=O) groups is 1. The summed E-state index contributed by atoms with van der Waals surface area (Å²) < 4.78 is 0. The van der Waals surface area contributed by atoms with Crippen LogP contribution in [0.3, 0.4) is 0 Å². The minimum absolute atomic E-state index is 0.189. The normalized spacial score (nSPS) is 10.7. The molecule has 0 atom stereocenters. The molecule has 0 unspecified atom stereocenters. The number of hydrogen-bond acceptors (Lipinski definition) is 2. The van der Waals surface area contributed by atoms with Crippen LogP contribution >= 0.6 is 0 Å². The molecule has 0 bridgehead atoms. The highest BCUT2D eigenvalue weighted by Crippen LogP contribution is 2.10. The lowest BCUT2D eigenvalue weighted by molar-refractivity contribution is -0.0382. The largest absolute Gasteiger partial charge is 0.350 e. The number of benzene rings is 2. The highest BCUT2D eigenvalue weighted by molar-refractivity contribution is 5.70. The van der Waals surface area contributed by atoms with Gasteiger partial charge in [-0.3, -0.25) is 5.21 Å². The van der Waals surface area contributed by atoms with Gasteiger partial charge in [-0.05, 0) is 23.1 Å². The number of rotatable bonds is 5. The van der Waals surface area contributed by atoms with Crippen molar-refractivity contribution in [3.8, 4) is 0 Å². The lowest BCUT2D eigenvalue weighted by Gasteiger charge is -2.11. The molecule has 2 aromatic rings. The first-order valence-electron chi connectivity index (χ1n) is 6.73. The third kappa shape index (κ3) is 4.78. The molecule has 2 amide bonds. The summed E-state index contributed by atoms with van der Waals surface area (Å²) in [6.07, 6.45) is 4.65. The van der Waals surface area contributed by atoms with Crippen LogP contribution in [0.1, 0.15) is 16.7 Å². The number of hydrogen-bond donors (Lipinski definition) is 2. The van der Waals surface area contributed by atoms with Crippen molar-refractivity contribution in [1.29, 1.82) is 0 Å². The Kier molecular flexibility index (Phi) is 5.12. The smallest absolute Gasteiger partial charge is 0.338 e. The third-order valence-corrected chi connectivity index (χ3v) is 3.11. The monoisotopic (exact) mass is 282 g/mol. The Labute approximate surface area is 124 Å². The van der Waals surface area contributed by atoms with Crippen LogP contribution in [0.2, 0.25) is 0 Å². The molecule has 0 saturated carbocycles. The third-order valence-electron chi connectivity index (χ3n) is 3.11. The van der Waals surface area contributed by atoms with Gasteiger partial charge in [0.2, 0.25) is 0 Å². The molecule has 3 N–H and O–H groups in total. The lowest BCUT2D eigenvalue weighted by atomic mass is 10.1. The molecule has 2 rings (SSSR count). The van der Waals surface area contributed by atoms with Crippen molar-refractivity contribution in [2.45, 2.75) is 6.42 Å². The van der Waals surface area contributed by atoms with Gasteiger partial charge in [-0.1, -0.05) is 66.7 Å². The topological polar surface area (TPSA) is 66.6 Å². The number of nitrogens with two attached hydrogens (primary N) is 1. The molecule has 4 nitrogen and oxygen atoms in total. The summed E-state index contributed by atoms with van der Waals surface area (Å²) in [6, 6.07) is 17.2. The molecular formula is C17H18N2O2. The number of primary amides is 1. The summed E-state index contributed by atoms with van der Waals surface area (Å²) in [5.74, 6) is 0. The van der Waals surface area contributed by atoms with Crippen molar-refractivity contribution in [3.05, 3.63) is 71.3 Å². The Balaban J connectivity index is 1.93. The molecule has 0 aromatic heterocycles. The van der Waals surface area contributed by atoms with Gasteiger partial charge in [0.15, 0.2) is 0 Å². The summed E-state index contributed by atoms with van der Waals surface area (Å²) in [5.41, 5.74) is 8.23. The average molecular weight is 282 g/mol. The van der Waals surface area contributed by atoms with Crippen LogP contribution in [0.4, 0.5) is 4.79 Å². The summed E-state index contributed by atoms with van der Waals surface area (Å²) >= 11 is 0. The average Bonchev–Trinajstić information content (AvgIpc) is 2.52. The Bertz CT molecular complexity index is 606. The van der Waals surface area contributed by atoms with Crippen LogP contribution in [0, 0.1) is 0 Å². The van der Waals surface area contributed by atoms with E-state index in [9.17, 15) is 10.0 Å². The van der Waals surface area contributed by atoms with Crippen LogP contribution in [0.25, 0.3) is 12.2 Å². The van der Waals surface area contributed by atoms with E-state index < -0.39 is 6.03 Å². The number of urea groups is 1. The Morgan fingerprint density at radius 1 is 1.00 bits per heavy atom. The fraction of sp³-hybridized carbons (Fsp3) is 0.118. The van der Waals surface area contributed by atoms with Gasteiger partial charge in [-0.25, -0.2) is 9.86 Å². The van der Waals surface area contributed by atoms with Crippen LogP contribution in [0.15, 0.2) is 54.6 Å². The van der Waals surface area contributed by atoms with Gasteiger partial charge in [-0.2, -0.15) is 0 Å². The van der Waals surface area contributed by atoms with E-state index in [0.717, 1.165) is 16.7 Å². The Morgan fingerprint density at radius 2 is 1.57 bits per heavy atom. The summed E-state index contributed by atoms with van der Waals surface area (Å²) in [6.45, 7) is 0.189. The van der Waals surface area contributed by atoms with Crippen molar-refractivity contribution < 1.29 is 10.0 Å². The molecule has 0 aliphatic heterocycles. The molecule has 2 aromatic carbocycles. The van der Waals surface area contributed by atoms with Crippen LogP contribution in [-0.4, -0.2) is 22.8 Å². The standard InChI is InChI=1S/C17H18N2O2/c18-17(20)19(21)13-12-16-10-8-15(9-11-16)7-6-14-4-2-1-3-5-14/h1-11,21H,12-13H2,(H2,18,20). The van der Waals surface area contributed by atoms with Crippen LogP contribution < -0.4 is 5.73 Å². The lowest BCUT2D eigenvalue weighted by Crippen LogP contribution is -2.34. The molecule has 4 heteroatoms. The maximum absolute atomic E-state index is 10.7. The highest BCUT2D eigenvalue weighted by atomic mass is 16.5. The first kappa shape index (κ1) is 14.8. The molecule has 0 spiro atoms. The van der Waals surface area contributed by atoms with Gasteiger partial charge in [0, 0.05) is 0 Å². The predicted molar refractivity (Wildman–Crippen MR) is 83.6 cm³/mol. The van der Waals surface area contributed by atoms with Crippen molar-refractivity contribution in [2.24, 2.45) is 5.73 Å². The van der Waals surface area contributed by atoms with Gasteiger partial charge in [0.1, 0.15) is 0 Å². The van der Waals surface area contributed by atoms with Gasteiger partial charge in [-0.15, -0.1) is 0 Å². The van der Waals surface area contributed by atoms with Crippen molar-refractivity contribution in [1.82, 2.24) is 5.06 Å². The van der Waals surface area contributed by atoms with Crippen LogP contribution in [-0.2, 0) is 6.42 Å². The van der Waals surface area contributed by atoms with E-state index in [-0.39, 0.29) is 6.54 Å². The molecule has 0 radical (unpaired) electrons. The molecule has 21 heavy (non-hydrogen) atoms. The van der Waals surface area contributed by atoms with E-state index in [1.165, 1.54) is 0 Å². The number of nitrogens with zero attached hydrogens (tertiary/aromatic N) is 1. The van der Waals surface area contributed by atoms with Crippen molar-refractivity contribution >= 4 is 18.2 Å². The Morgan fingerprint density at radius 3 is 2.14 bits per heavy atom. The fourth-order valence-electron chi connectivity index (χ4n) is 1.90. The van der Waals surface area contributed by atoms with Crippen molar-refractivity contribution in [2.75, 3.05) is 6.54 Å². The second kappa shape index (κ2) is 7.26. The fourth-order valence-corrected chi connectivity index (χ4v) is 1.90. The maximum atomic E-state index is 10.7. The molecular weight excluding hydrogens is 264 g/mol. The summed E-state index contributed by atoms with van der Waals surface area (Å²) in [5, 5.41) is 9.72. The van der Waals surface area contributed by atoms with E-state index >= 15 is 0 Å². The van der Waals surface area contributed by atoms with Gasteiger partial charge >= 0.3 is 6.03 Å². The summed E-state index contributed by atoms with van der Waals surface area (Å²) in [4.78, 5) is 10.7. The summed E-state index contributed by atoms with van der Waals surface area (Å²) in [7, 11) is 0. The molecule has 0 fully saturated rings. The van der Waals surface area contributed by atoms with E-state index in [1.807, 2.05) is 60.7 Å². The minimum Gasteiger partial charge on any atom is -0.350 e. The predicted octanol–water partition coefficient (Wildman–Crippen LogP) is 3.17. The highest BCUT2D eigenvalue weighted by Gasteiger charge is 2.04. The van der Waals surface area contributed by atoms with E-state index in [2.05, 4.69) is 6.08 Å². The molecule has 108 valence electrons.